The zero-order valence-corrected chi connectivity index (χ0v) is 18.2. The minimum absolute atomic E-state index is 0.100. The van der Waals surface area contributed by atoms with Gasteiger partial charge in [0.25, 0.3) is 0 Å². The fraction of sp³-hybridized carbons (Fsp3) is 0.269. The van der Waals surface area contributed by atoms with Crippen molar-refractivity contribution in [3.8, 4) is 0 Å². The highest BCUT2D eigenvalue weighted by Crippen LogP contribution is 2.17. The van der Waals surface area contributed by atoms with E-state index in [2.05, 4.69) is 10.3 Å². The van der Waals surface area contributed by atoms with Crippen molar-refractivity contribution in [3.05, 3.63) is 102 Å². The molecule has 0 fully saturated rings. The summed E-state index contributed by atoms with van der Waals surface area (Å²) in [7, 11) is 0. The number of rotatable bonds is 10. The Bertz CT molecular complexity index is 995. The van der Waals surface area contributed by atoms with E-state index >= 15 is 0 Å². The van der Waals surface area contributed by atoms with Crippen LogP contribution in [0.2, 0.25) is 0 Å². The van der Waals surface area contributed by atoms with Crippen LogP contribution in [0.1, 0.15) is 36.5 Å². The van der Waals surface area contributed by atoms with E-state index in [0.29, 0.717) is 25.8 Å². The molecule has 6 heteroatoms. The first-order chi connectivity index (χ1) is 15.6. The molecule has 0 unspecified atom stereocenters. The van der Waals surface area contributed by atoms with Gasteiger partial charge in [0, 0.05) is 38.3 Å². The van der Waals surface area contributed by atoms with E-state index < -0.39 is 6.04 Å². The first kappa shape index (κ1) is 23.1. The number of aromatic nitrogens is 1. The Morgan fingerprint density at radius 1 is 0.938 bits per heavy atom. The summed E-state index contributed by atoms with van der Waals surface area (Å²) in [4.78, 5) is 32.0. The Morgan fingerprint density at radius 2 is 1.62 bits per heavy atom. The van der Waals surface area contributed by atoms with Crippen molar-refractivity contribution in [2.45, 2.75) is 45.3 Å². The zero-order valence-electron chi connectivity index (χ0n) is 18.2. The van der Waals surface area contributed by atoms with Gasteiger partial charge in [-0.1, -0.05) is 49.4 Å². The summed E-state index contributed by atoms with van der Waals surface area (Å²) in [5.74, 6) is -0.662. The Kier molecular flexibility index (Phi) is 8.49. The van der Waals surface area contributed by atoms with E-state index in [1.54, 1.807) is 29.4 Å². The molecule has 5 nitrogen and oxygen atoms in total. The second-order valence-corrected chi connectivity index (χ2v) is 7.68. The third-order valence-corrected chi connectivity index (χ3v) is 5.22. The van der Waals surface area contributed by atoms with Gasteiger partial charge in [0.05, 0.1) is 0 Å². The maximum Gasteiger partial charge on any atom is 0.243 e. The van der Waals surface area contributed by atoms with Crippen molar-refractivity contribution in [2.75, 3.05) is 0 Å². The molecule has 166 valence electrons. The molecule has 0 aliphatic heterocycles. The predicted molar refractivity (Wildman–Crippen MR) is 122 cm³/mol. The van der Waals surface area contributed by atoms with Gasteiger partial charge < -0.3 is 10.2 Å². The van der Waals surface area contributed by atoms with Crippen molar-refractivity contribution >= 4 is 11.8 Å². The summed E-state index contributed by atoms with van der Waals surface area (Å²) in [6, 6.07) is 18.7. The van der Waals surface area contributed by atoms with Crippen molar-refractivity contribution in [1.29, 1.82) is 0 Å². The van der Waals surface area contributed by atoms with Crippen LogP contribution >= 0.6 is 0 Å². The minimum atomic E-state index is -0.691. The fourth-order valence-corrected chi connectivity index (χ4v) is 3.51. The van der Waals surface area contributed by atoms with Crippen LogP contribution in [-0.2, 0) is 29.1 Å². The van der Waals surface area contributed by atoms with Crippen LogP contribution in [0, 0.1) is 5.82 Å². The molecular formula is C26H28FN3O2. The molecule has 0 radical (unpaired) electrons. The van der Waals surface area contributed by atoms with Crippen LogP contribution < -0.4 is 5.32 Å². The van der Waals surface area contributed by atoms with E-state index in [1.807, 2.05) is 49.4 Å². The number of hydrogen-bond acceptors (Lipinski definition) is 3. The molecule has 32 heavy (non-hydrogen) atoms. The van der Waals surface area contributed by atoms with Crippen LogP contribution in [0.5, 0.6) is 0 Å². The van der Waals surface area contributed by atoms with Crippen LogP contribution in [0.4, 0.5) is 4.39 Å². The molecule has 0 aliphatic rings. The highest BCUT2D eigenvalue weighted by molar-refractivity contribution is 5.88. The number of benzene rings is 2. The molecule has 1 aromatic heterocycles. The predicted octanol–water partition coefficient (Wildman–Crippen LogP) is 4.28. The van der Waals surface area contributed by atoms with E-state index in [-0.39, 0.29) is 24.2 Å². The van der Waals surface area contributed by atoms with Crippen LogP contribution in [0.15, 0.2) is 79.1 Å². The lowest BCUT2D eigenvalue weighted by atomic mass is 10.0. The third-order valence-electron chi connectivity index (χ3n) is 5.22. The van der Waals surface area contributed by atoms with Crippen molar-refractivity contribution < 1.29 is 14.0 Å². The number of nitrogens with zero attached hydrogens (tertiary/aromatic N) is 2. The van der Waals surface area contributed by atoms with Gasteiger partial charge in [-0.25, -0.2) is 4.39 Å². The monoisotopic (exact) mass is 433 g/mol. The molecule has 3 rings (SSSR count). The van der Waals surface area contributed by atoms with E-state index in [0.717, 1.165) is 16.7 Å². The van der Waals surface area contributed by atoms with E-state index in [9.17, 15) is 14.0 Å². The Hall–Kier alpha value is -3.54. The molecular weight excluding hydrogens is 405 g/mol. The molecule has 1 heterocycles. The van der Waals surface area contributed by atoms with Gasteiger partial charge in [0.15, 0.2) is 0 Å². The molecule has 3 aromatic rings. The number of halogens is 1. The molecule has 0 bridgehead atoms. The van der Waals surface area contributed by atoms with Crippen LogP contribution in [-0.4, -0.2) is 27.7 Å². The Balaban J connectivity index is 1.87. The number of pyridine rings is 1. The number of nitrogens with one attached hydrogen (secondary N) is 1. The van der Waals surface area contributed by atoms with Crippen LogP contribution in [0.3, 0.4) is 0 Å². The van der Waals surface area contributed by atoms with Gasteiger partial charge in [-0.05, 0) is 47.4 Å². The lowest BCUT2D eigenvalue weighted by molar-refractivity contribution is -0.141. The quantitative estimate of drug-likeness (QED) is 0.519. The number of hydrogen-bond donors (Lipinski definition) is 1. The standard InChI is InChI=1S/C26H28FN3O2/c1-2-6-25(31)30(19-22-9-11-23(27)12-10-22)24(17-20-7-4-3-5-8-20)26(32)29-18-21-13-15-28-16-14-21/h3-5,7-16,24H,2,6,17-19H2,1H3,(H,29,32)/t24-/m1/s1. The van der Waals surface area contributed by atoms with Gasteiger partial charge in [-0.3, -0.25) is 14.6 Å². The summed E-state index contributed by atoms with van der Waals surface area (Å²) >= 11 is 0. The molecule has 1 atom stereocenters. The lowest BCUT2D eigenvalue weighted by Crippen LogP contribution is -2.50. The SMILES string of the molecule is CCCC(=O)N(Cc1ccc(F)cc1)[C@H](Cc1ccccc1)C(=O)NCc1ccncc1. The first-order valence-corrected chi connectivity index (χ1v) is 10.8. The molecule has 1 N–H and O–H groups in total. The smallest absolute Gasteiger partial charge is 0.243 e. The fourth-order valence-electron chi connectivity index (χ4n) is 3.51. The lowest BCUT2D eigenvalue weighted by Gasteiger charge is -2.31. The van der Waals surface area contributed by atoms with Crippen LogP contribution in [0.25, 0.3) is 0 Å². The normalized spacial score (nSPS) is 11.6. The van der Waals surface area contributed by atoms with Gasteiger partial charge in [-0.15, -0.1) is 0 Å². The van der Waals surface area contributed by atoms with E-state index in [4.69, 9.17) is 0 Å². The maximum absolute atomic E-state index is 13.4. The minimum Gasteiger partial charge on any atom is -0.350 e. The second-order valence-electron chi connectivity index (χ2n) is 7.68. The molecule has 0 spiro atoms. The molecule has 0 saturated carbocycles. The van der Waals surface area contributed by atoms with Gasteiger partial charge in [0.1, 0.15) is 11.9 Å². The summed E-state index contributed by atoms with van der Waals surface area (Å²) in [6.07, 6.45) is 4.75. The third kappa shape index (κ3) is 6.74. The largest absolute Gasteiger partial charge is 0.350 e. The summed E-state index contributed by atoms with van der Waals surface area (Å²) in [5, 5.41) is 2.97. The van der Waals surface area contributed by atoms with Gasteiger partial charge in [0.2, 0.25) is 11.8 Å². The maximum atomic E-state index is 13.4. The molecule has 0 saturated heterocycles. The summed E-state index contributed by atoms with van der Waals surface area (Å²) in [5.41, 5.74) is 2.66. The highest BCUT2D eigenvalue weighted by atomic mass is 19.1. The number of carbonyl (C=O) groups excluding carboxylic acids is 2. The van der Waals surface area contributed by atoms with Gasteiger partial charge in [-0.2, -0.15) is 0 Å². The molecule has 0 aliphatic carbocycles. The van der Waals surface area contributed by atoms with Gasteiger partial charge >= 0.3 is 0 Å². The zero-order chi connectivity index (χ0) is 22.8. The summed E-state index contributed by atoms with van der Waals surface area (Å²) < 4.78 is 13.4. The van der Waals surface area contributed by atoms with Crippen molar-refractivity contribution in [3.63, 3.8) is 0 Å². The number of amides is 2. The highest BCUT2D eigenvalue weighted by Gasteiger charge is 2.29. The van der Waals surface area contributed by atoms with E-state index in [1.165, 1.54) is 12.1 Å². The Morgan fingerprint density at radius 3 is 2.28 bits per heavy atom. The second kappa shape index (κ2) is 11.7. The van der Waals surface area contributed by atoms with Crippen molar-refractivity contribution in [2.24, 2.45) is 0 Å². The average Bonchev–Trinajstić information content (AvgIpc) is 2.82. The summed E-state index contributed by atoms with van der Waals surface area (Å²) in [6.45, 7) is 2.52. The topological polar surface area (TPSA) is 62.3 Å². The first-order valence-electron chi connectivity index (χ1n) is 10.8. The number of carbonyl (C=O) groups is 2. The Labute approximate surface area is 188 Å². The molecule has 2 amide bonds. The average molecular weight is 434 g/mol. The van der Waals surface area contributed by atoms with Crippen molar-refractivity contribution in [1.82, 2.24) is 15.2 Å². The molecule has 2 aromatic carbocycles.